The SMILES string of the molecule is CN[C@@H](C)C(=O)N[C@@H](CN(C(=O)CCCCC(=O)N1C[C@H](NC(=O)[C@H](C)NC)C(=O)N(Cc2c(OC)ccc3cc(Br)ccc23)c2ccccc21)c1ccccc1)C(=O)NCc1c(OC)ccc2cc(Br)ccc12. The van der Waals surface area contributed by atoms with E-state index in [2.05, 4.69) is 58.4 Å². The zero-order valence-corrected chi connectivity index (χ0v) is 45.5. The van der Waals surface area contributed by atoms with E-state index in [0.717, 1.165) is 41.6 Å². The second-order valence-electron chi connectivity index (χ2n) is 18.0. The number of nitrogens with zero attached hydrogens (tertiary/aromatic N) is 3. The summed E-state index contributed by atoms with van der Waals surface area (Å²) in [4.78, 5) is 89.6. The summed E-state index contributed by atoms with van der Waals surface area (Å²) in [6.07, 6.45) is 0.609. The number of likely N-dealkylation sites (N-methyl/N-ethyl adjacent to an activating group) is 2. The normalized spacial score (nSPS) is 14.6. The fourth-order valence-corrected chi connectivity index (χ4v) is 9.74. The standard InChI is InChI=1S/C56H62Br2N8O8/c1-34(59-3)53(69)62-45(55(71)61-30-43-41-24-22-38(57)28-36(41)20-26-49(43)73-5)32-64(40-14-8-7-9-15-40)51(67)18-12-13-19-52(68)65-33-46(63-54(70)35(2)60-4)56(72)66(48-17-11-10-16-47(48)65)31-44-42-25-23-39(58)29-37(42)21-27-50(44)74-6/h7-11,14-17,20-29,34-35,45-46,59-60H,12-13,18-19,30-33H2,1-6H3,(H,61,71)(H,62,69)(H,63,70)/t34-,35-,45-,46-/m0/s1. The van der Waals surface area contributed by atoms with Crippen LogP contribution in [0.25, 0.3) is 21.5 Å². The zero-order chi connectivity index (χ0) is 53.1. The van der Waals surface area contributed by atoms with Gasteiger partial charge in [0.1, 0.15) is 23.6 Å². The summed E-state index contributed by atoms with van der Waals surface area (Å²) in [5.41, 5.74) is 2.99. The van der Waals surface area contributed by atoms with E-state index in [9.17, 15) is 28.8 Å². The molecule has 74 heavy (non-hydrogen) atoms. The zero-order valence-electron chi connectivity index (χ0n) is 42.3. The van der Waals surface area contributed by atoms with Gasteiger partial charge in [-0.05, 0) is 123 Å². The van der Waals surface area contributed by atoms with Gasteiger partial charge in [0.15, 0.2) is 0 Å². The van der Waals surface area contributed by atoms with Crippen LogP contribution in [0.4, 0.5) is 17.1 Å². The number of anilines is 3. The monoisotopic (exact) mass is 1130 g/mol. The maximum Gasteiger partial charge on any atom is 0.251 e. The smallest absolute Gasteiger partial charge is 0.251 e. The molecule has 16 nitrogen and oxygen atoms in total. The van der Waals surface area contributed by atoms with Crippen LogP contribution in [0.1, 0.15) is 50.7 Å². The number of carbonyl (C=O) groups excluding carboxylic acids is 6. The molecule has 0 radical (unpaired) electrons. The molecule has 0 saturated heterocycles. The van der Waals surface area contributed by atoms with Crippen molar-refractivity contribution in [2.45, 2.75) is 76.8 Å². The van der Waals surface area contributed by atoms with Crippen molar-refractivity contribution in [1.82, 2.24) is 26.6 Å². The van der Waals surface area contributed by atoms with E-state index in [0.29, 0.717) is 41.4 Å². The molecule has 388 valence electrons. The van der Waals surface area contributed by atoms with Crippen LogP contribution < -0.4 is 50.8 Å². The number of hydrogen-bond acceptors (Lipinski definition) is 10. The Morgan fingerprint density at radius 1 is 0.689 bits per heavy atom. The number of amides is 6. The lowest BCUT2D eigenvalue weighted by atomic mass is 10.0. The first-order chi connectivity index (χ1) is 35.6. The molecule has 0 unspecified atom stereocenters. The van der Waals surface area contributed by atoms with E-state index < -0.39 is 47.8 Å². The van der Waals surface area contributed by atoms with Gasteiger partial charge in [-0.15, -0.1) is 0 Å². The number of para-hydroxylation sites is 3. The molecule has 1 aliphatic rings. The topological polar surface area (TPSA) is 191 Å². The highest BCUT2D eigenvalue weighted by Gasteiger charge is 2.38. The lowest BCUT2D eigenvalue weighted by Gasteiger charge is -2.29. The van der Waals surface area contributed by atoms with Crippen LogP contribution in [-0.2, 0) is 41.9 Å². The number of benzene rings is 6. The molecule has 0 bridgehead atoms. The Labute approximate surface area is 448 Å². The first-order valence-electron chi connectivity index (χ1n) is 24.5. The number of hydrogen-bond donors (Lipinski definition) is 5. The van der Waals surface area contributed by atoms with Crippen LogP contribution in [0, 0.1) is 0 Å². The van der Waals surface area contributed by atoms with Gasteiger partial charge in [-0.2, -0.15) is 0 Å². The summed E-state index contributed by atoms with van der Waals surface area (Å²) in [7, 11) is 6.43. The highest BCUT2D eigenvalue weighted by molar-refractivity contribution is 9.10. The fraction of sp³-hybridized carbons (Fsp3) is 0.321. The van der Waals surface area contributed by atoms with E-state index in [-0.39, 0.29) is 50.8 Å². The lowest BCUT2D eigenvalue weighted by Crippen LogP contribution is -2.56. The minimum Gasteiger partial charge on any atom is -0.496 e. The number of rotatable bonds is 21. The average molecular weight is 1130 g/mol. The number of carbonyl (C=O) groups is 6. The van der Waals surface area contributed by atoms with Crippen molar-refractivity contribution < 1.29 is 38.2 Å². The third kappa shape index (κ3) is 12.9. The highest BCUT2D eigenvalue weighted by atomic mass is 79.9. The Hall–Kier alpha value is -6.86. The Morgan fingerprint density at radius 3 is 1.88 bits per heavy atom. The molecule has 6 amide bonds. The molecule has 1 heterocycles. The molecule has 0 spiro atoms. The summed E-state index contributed by atoms with van der Waals surface area (Å²) in [5.74, 6) is -1.22. The van der Waals surface area contributed by atoms with Crippen molar-refractivity contribution in [3.63, 3.8) is 0 Å². The van der Waals surface area contributed by atoms with Gasteiger partial charge in [0, 0.05) is 45.1 Å². The molecule has 0 aromatic heterocycles. The van der Waals surface area contributed by atoms with E-state index in [1.807, 2.05) is 66.7 Å². The summed E-state index contributed by atoms with van der Waals surface area (Å²) >= 11 is 7.09. The van der Waals surface area contributed by atoms with Gasteiger partial charge in [0.05, 0.1) is 57.3 Å². The molecule has 6 aromatic carbocycles. The Bertz CT molecular complexity index is 3030. The van der Waals surface area contributed by atoms with Crippen LogP contribution >= 0.6 is 31.9 Å². The third-order valence-corrected chi connectivity index (χ3v) is 14.3. The Balaban J connectivity index is 1.10. The molecular formula is C56H62Br2N8O8. The summed E-state index contributed by atoms with van der Waals surface area (Å²) in [6, 6.07) is 31.8. The first kappa shape index (κ1) is 54.9. The average Bonchev–Trinajstić information content (AvgIpc) is 3.52. The maximum absolute atomic E-state index is 14.8. The number of methoxy groups -OCH3 is 2. The van der Waals surface area contributed by atoms with Gasteiger partial charge < -0.3 is 50.8 Å². The van der Waals surface area contributed by atoms with Crippen molar-refractivity contribution >= 4 is 106 Å². The highest BCUT2D eigenvalue weighted by Crippen LogP contribution is 2.38. The Kier molecular flexibility index (Phi) is 18.8. The summed E-state index contributed by atoms with van der Waals surface area (Å²) in [5, 5.41) is 18.2. The third-order valence-electron chi connectivity index (χ3n) is 13.4. The lowest BCUT2D eigenvalue weighted by molar-refractivity contribution is -0.130. The van der Waals surface area contributed by atoms with Crippen LogP contribution in [0.2, 0.25) is 0 Å². The maximum atomic E-state index is 14.8. The number of nitrogens with one attached hydrogen (secondary N) is 5. The predicted octanol–water partition coefficient (Wildman–Crippen LogP) is 7.51. The largest absolute Gasteiger partial charge is 0.496 e. The van der Waals surface area contributed by atoms with Crippen LogP contribution in [-0.4, -0.2) is 101 Å². The minimum atomic E-state index is -1.17. The van der Waals surface area contributed by atoms with E-state index in [1.165, 1.54) is 4.90 Å². The minimum absolute atomic E-state index is 0.00696. The Morgan fingerprint density at radius 2 is 1.26 bits per heavy atom. The molecule has 0 aliphatic carbocycles. The van der Waals surface area contributed by atoms with Gasteiger partial charge >= 0.3 is 0 Å². The van der Waals surface area contributed by atoms with Gasteiger partial charge in [0.2, 0.25) is 29.5 Å². The molecule has 7 rings (SSSR count). The second-order valence-corrected chi connectivity index (χ2v) is 19.9. The molecular weight excluding hydrogens is 1070 g/mol. The van der Waals surface area contributed by atoms with Crippen LogP contribution in [0.5, 0.6) is 11.5 Å². The molecule has 1 aliphatic heterocycles. The molecule has 18 heteroatoms. The van der Waals surface area contributed by atoms with Crippen molar-refractivity contribution in [3.8, 4) is 11.5 Å². The molecule has 5 N–H and O–H groups in total. The second kappa shape index (κ2) is 25.4. The summed E-state index contributed by atoms with van der Waals surface area (Å²) in [6.45, 7) is 3.19. The van der Waals surface area contributed by atoms with E-state index in [4.69, 9.17) is 9.47 Å². The molecule has 4 atom stereocenters. The first-order valence-corrected chi connectivity index (χ1v) is 26.0. The summed E-state index contributed by atoms with van der Waals surface area (Å²) < 4.78 is 13.3. The fourth-order valence-electron chi connectivity index (χ4n) is 8.98. The number of unbranched alkanes of at least 4 members (excludes halogenated alkanes) is 1. The number of halogens is 2. The van der Waals surface area contributed by atoms with Gasteiger partial charge in [0.25, 0.3) is 5.91 Å². The van der Waals surface area contributed by atoms with Gasteiger partial charge in [-0.1, -0.05) is 86.5 Å². The van der Waals surface area contributed by atoms with Crippen LogP contribution in [0.15, 0.2) is 124 Å². The number of fused-ring (bicyclic) bond motifs is 3. The molecule has 0 fully saturated rings. The van der Waals surface area contributed by atoms with Crippen molar-refractivity contribution in [1.29, 1.82) is 0 Å². The van der Waals surface area contributed by atoms with Crippen molar-refractivity contribution in [2.75, 3.05) is 56.1 Å². The van der Waals surface area contributed by atoms with Gasteiger partial charge in [-0.3, -0.25) is 28.8 Å². The van der Waals surface area contributed by atoms with E-state index >= 15 is 0 Å². The van der Waals surface area contributed by atoms with Crippen LogP contribution in [0.3, 0.4) is 0 Å². The van der Waals surface area contributed by atoms with Crippen molar-refractivity contribution in [3.05, 3.63) is 135 Å². The number of ether oxygens (including phenoxy) is 2. The van der Waals surface area contributed by atoms with Gasteiger partial charge in [-0.25, -0.2) is 0 Å². The van der Waals surface area contributed by atoms with E-state index in [1.54, 1.807) is 100 Å². The quantitative estimate of drug-likeness (QED) is 0.0451. The predicted molar refractivity (Wildman–Crippen MR) is 296 cm³/mol. The van der Waals surface area contributed by atoms with Crippen molar-refractivity contribution in [2.24, 2.45) is 0 Å². The molecule has 0 saturated carbocycles. The molecule has 6 aromatic rings.